The fourth-order valence-corrected chi connectivity index (χ4v) is 1.77. The molecule has 1 rings (SSSR count). The molecule has 0 radical (unpaired) electrons. The van der Waals surface area contributed by atoms with Crippen LogP contribution in [-0.4, -0.2) is 17.2 Å². The van der Waals surface area contributed by atoms with E-state index in [4.69, 9.17) is 10.9 Å². The van der Waals surface area contributed by atoms with E-state index in [9.17, 15) is 4.79 Å². The van der Waals surface area contributed by atoms with Crippen molar-refractivity contribution < 1.29 is 10.0 Å². The van der Waals surface area contributed by atoms with Crippen LogP contribution in [0.15, 0.2) is 0 Å². The number of carbonyl (C=O) groups is 1. The highest BCUT2D eigenvalue weighted by atomic mass is 16.5. The molecule has 0 bridgehead atoms. The molecule has 1 amide bonds. The van der Waals surface area contributed by atoms with E-state index >= 15 is 0 Å². The van der Waals surface area contributed by atoms with Gasteiger partial charge < -0.3 is 5.73 Å². The highest BCUT2D eigenvalue weighted by Crippen LogP contribution is 2.34. The van der Waals surface area contributed by atoms with Crippen molar-refractivity contribution in [2.45, 2.75) is 38.6 Å². The quantitative estimate of drug-likeness (QED) is 0.396. The van der Waals surface area contributed by atoms with Crippen molar-refractivity contribution in [3.63, 3.8) is 0 Å². The number of hydroxylamine groups is 1. The lowest BCUT2D eigenvalue weighted by molar-refractivity contribution is -0.141. The van der Waals surface area contributed by atoms with Crippen molar-refractivity contribution in [3.05, 3.63) is 0 Å². The van der Waals surface area contributed by atoms with Crippen molar-refractivity contribution in [3.8, 4) is 0 Å². The summed E-state index contributed by atoms with van der Waals surface area (Å²) in [6.07, 6.45) is 3.72. The second kappa shape index (κ2) is 3.41. The molecule has 0 aromatic rings. The van der Waals surface area contributed by atoms with Gasteiger partial charge in [0, 0.05) is 6.04 Å². The largest absolute Gasteiger partial charge is 0.327 e. The van der Waals surface area contributed by atoms with Gasteiger partial charge in [-0.1, -0.05) is 12.8 Å². The number of hydrogen-bond acceptors (Lipinski definition) is 3. The third kappa shape index (κ3) is 1.44. The fraction of sp³-hybridized carbons (Fsp3) is 0.875. The Kier molecular flexibility index (Phi) is 2.69. The maximum atomic E-state index is 11.3. The fourth-order valence-electron chi connectivity index (χ4n) is 1.77. The van der Waals surface area contributed by atoms with Gasteiger partial charge in [0.05, 0.1) is 5.41 Å². The van der Waals surface area contributed by atoms with E-state index < -0.39 is 5.41 Å². The summed E-state index contributed by atoms with van der Waals surface area (Å²) in [5, 5.41) is 8.51. The van der Waals surface area contributed by atoms with E-state index in [1.807, 2.05) is 6.92 Å². The topological polar surface area (TPSA) is 75.3 Å². The van der Waals surface area contributed by atoms with E-state index in [0.29, 0.717) is 0 Å². The molecule has 0 spiro atoms. The molecule has 2 unspecified atom stereocenters. The smallest absolute Gasteiger partial charge is 0.250 e. The predicted octanol–water partition coefficient (Wildman–Crippen LogP) is 0.399. The lowest BCUT2D eigenvalue weighted by Crippen LogP contribution is -2.51. The summed E-state index contributed by atoms with van der Waals surface area (Å²) in [6.45, 7) is 1.81. The number of carbonyl (C=O) groups excluding carboxylic acids is 1. The van der Waals surface area contributed by atoms with Crippen LogP contribution in [0.5, 0.6) is 0 Å². The van der Waals surface area contributed by atoms with Gasteiger partial charge in [0.25, 0.3) is 5.91 Å². The highest BCUT2D eigenvalue weighted by Gasteiger charge is 2.40. The third-order valence-electron chi connectivity index (χ3n) is 2.90. The molecular weight excluding hydrogens is 156 g/mol. The molecule has 0 aliphatic heterocycles. The first kappa shape index (κ1) is 9.48. The van der Waals surface area contributed by atoms with Crippen LogP contribution >= 0.6 is 0 Å². The lowest BCUT2D eigenvalue weighted by Gasteiger charge is -2.36. The molecule has 2 atom stereocenters. The second-order valence-corrected chi connectivity index (χ2v) is 3.71. The van der Waals surface area contributed by atoms with Crippen molar-refractivity contribution >= 4 is 5.91 Å². The second-order valence-electron chi connectivity index (χ2n) is 3.71. The predicted molar refractivity (Wildman–Crippen MR) is 44.5 cm³/mol. The molecule has 1 fully saturated rings. The maximum absolute atomic E-state index is 11.3. The summed E-state index contributed by atoms with van der Waals surface area (Å²) < 4.78 is 0. The minimum atomic E-state index is -0.576. The maximum Gasteiger partial charge on any atom is 0.250 e. The van der Waals surface area contributed by atoms with Crippen LogP contribution in [0, 0.1) is 5.41 Å². The Morgan fingerprint density at radius 1 is 1.67 bits per heavy atom. The molecule has 0 saturated heterocycles. The summed E-state index contributed by atoms with van der Waals surface area (Å²) in [5.74, 6) is -0.352. The number of nitrogens with one attached hydrogen (secondary N) is 1. The van der Waals surface area contributed by atoms with Gasteiger partial charge >= 0.3 is 0 Å². The van der Waals surface area contributed by atoms with Crippen LogP contribution in [0.1, 0.15) is 32.6 Å². The number of nitrogens with two attached hydrogens (primary N) is 1. The Balaban J connectivity index is 2.72. The Morgan fingerprint density at radius 3 is 2.83 bits per heavy atom. The Bertz CT molecular complexity index is 184. The molecule has 4 nitrogen and oxygen atoms in total. The SMILES string of the molecule is CC1(C(=O)NO)CCCCC1N. The first-order valence-corrected chi connectivity index (χ1v) is 4.31. The van der Waals surface area contributed by atoms with Gasteiger partial charge in [-0.25, -0.2) is 5.48 Å². The Morgan fingerprint density at radius 2 is 2.33 bits per heavy atom. The van der Waals surface area contributed by atoms with E-state index in [-0.39, 0.29) is 11.9 Å². The molecule has 70 valence electrons. The first-order chi connectivity index (χ1) is 5.61. The van der Waals surface area contributed by atoms with Crippen LogP contribution in [0.2, 0.25) is 0 Å². The minimum Gasteiger partial charge on any atom is -0.327 e. The third-order valence-corrected chi connectivity index (χ3v) is 2.90. The van der Waals surface area contributed by atoms with Gasteiger partial charge in [0.1, 0.15) is 0 Å². The number of amides is 1. The summed E-state index contributed by atoms with van der Waals surface area (Å²) >= 11 is 0. The number of hydrogen-bond donors (Lipinski definition) is 3. The van der Waals surface area contributed by atoms with Crippen molar-refractivity contribution in [2.75, 3.05) is 0 Å². The van der Waals surface area contributed by atoms with Crippen molar-refractivity contribution in [1.82, 2.24) is 5.48 Å². The van der Waals surface area contributed by atoms with Crippen LogP contribution in [-0.2, 0) is 4.79 Å². The van der Waals surface area contributed by atoms with E-state index in [1.54, 1.807) is 5.48 Å². The van der Waals surface area contributed by atoms with Crippen LogP contribution in [0.3, 0.4) is 0 Å². The van der Waals surface area contributed by atoms with E-state index in [0.717, 1.165) is 25.7 Å². The van der Waals surface area contributed by atoms with Crippen LogP contribution in [0.25, 0.3) is 0 Å². The number of rotatable bonds is 1. The highest BCUT2D eigenvalue weighted by molar-refractivity contribution is 5.82. The zero-order chi connectivity index (χ0) is 9.19. The molecule has 1 aliphatic carbocycles. The van der Waals surface area contributed by atoms with Crippen molar-refractivity contribution in [2.24, 2.45) is 11.1 Å². The molecule has 0 aromatic heterocycles. The molecular formula is C8H16N2O2. The van der Waals surface area contributed by atoms with Gasteiger partial charge in [0.15, 0.2) is 0 Å². The molecule has 4 N–H and O–H groups in total. The average molecular weight is 172 g/mol. The Labute approximate surface area is 72.1 Å². The van der Waals surface area contributed by atoms with E-state index in [1.165, 1.54) is 0 Å². The summed E-state index contributed by atoms with van der Waals surface area (Å²) in [5.41, 5.74) is 6.93. The van der Waals surface area contributed by atoms with Crippen molar-refractivity contribution in [1.29, 1.82) is 0 Å². The average Bonchev–Trinajstić information content (AvgIpc) is 2.09. The zero-order valence-electron chi connectivity index (χ0n) is 7.34. The summed E-state index contributed by atoms with van der Waals surface area (Å²) in [7, 11) is 0. The normalized spacial score (nSPS) is 36.1. The van der Waals surface area contributed by atoms with Gasteiger partial charge in [-0.15, -0.1) is 0 Å². The molecule has 1 aliphatic rings. The summed E-state index contributed by atoms with van der Waals surface area (Å²) in [6, 6.07) is -0.126. The van der Waals surface area contributed by atoms with Gasteiger partial charge in [-0.3, -0.25) is 10.0 Å². The lowest BCUT2D eigenvalue weighted by atomic mass is 9.71. The van der Waals surface area contributed by atoms with Gasteiger partial charge in [-0.05, 0) is 19.8 Å². The molecule has 0 aromatic carbocycles. The molecule has 4 heteroatoms. The molecule has 1 saturated carbocycles. The Hall–Kier alpha value is -0.610. The molecule has 12 heavy (non-hydrogen) atoms. The van der Waals surface area contributed by atoms with E-state index in [2.05, 4.69) is 0 Å². The van der Waals surface area contributed by atoms with Gasteiger partial charge in [0.2, 0.25) is 0 Å². The first-order valence-electron chi connectivity index (χ1n) is 4.31. The van der Waals surface area contributed by atoms with Crippen LogP contribution in [0.4, 0.5) is 0 Å². The zero-order valence-corrected chi connectivity index (χ0v) is 7.34. The summed E-state index contributed by atoms with van der Waals surface area (Å²) in [4.78, 5) is 11.3. The standard InChI is InChI=1S/C8H16N2O2/c1-8(7(11)10-12)5-3-2-4-6(8)9/h6,12H,2-5,9H2,1H3,(H,10,11). The van der Waals surface area contributed by atoms with Crippen LogP contribution < -0.4 is 11.2 Å². The monoisotopic (exact) mass is 172 g/mol. The van der Waals surface area contributed by atoms with Gasteiger partial charge in [-0.2, -0.15) is 0 Å². The molecule has 0 heterocycles. The minimum absolute atomic E-state index is 0.126.